The standard InChI is InChI=1S/C19H21N5O4S2/c1-28-18-16(24-10-11-29-19(24)21-18)13-20-22-17(25)14-6-5-7-15(12-14)30(26,27)23-8-3-2-4-9-23/h5-7,10-13H,2-4,8-9H2,1H3,(H,22,25)/b20-13+. The lowest BCUT2D eigenvalue weighted by Crippen LogP contribution is -2.35. The van der Waals surface area contributed by atoms with E-state index in [2.05, 4.69) is 15.5 Å². The second kappa shape index (κ2) is 8.54. The molecule has 0 atom stereocenters. The summed E-state index contributed by atoms with van der Waals surface area (Å²) in [7, 11) is -2.10. The Morgan fingerprint density at radius 1 is 1.30 bits per heavy atom. The maximum atomic E-state index is 12.8. The van der Waals surface area contributed by atoms with Crippen LogP contribution in [0.15, 0.2) is 45.8 Å². The number of methoxy groups -OCH3 is 1. The van der Waals surface area contributed by atoms with Crippen molar-refractivity contribution in [2.45, 2.75) is 24.2 Å². The molecule has 4 rings (SSSR count). The summed E-state index contributed by atoms with van der Waals surface area (Å²) in [6.45, 7) is 1.01. The number of thiazole rings is 1. The topological polar surface area (TPSA) is 105 Å². The minimum Gasteiger partial charge on any atom is -0.479 e. The number of nitrogens with one attached hydrogen (secondary N) is 1. The van der Waals surface area contributed by atoms with E-state index in [0.717, 1.165) is 24.2 Å². The average Bonchev–Trinajstić information content (AvgIpc) is 3.36. The van der Waals surface area contributed by atoms with Crippen LogP contribution in [0.4, 0.5) is 0 Å². The van der Waals surface area contributed by atoms with E-state index in [4.69, 9.17) is 4.74 Å². The number of aromatic nitrogens is 2. The number of carbonyl (C=O) groups is 1. The van der Waals surface area contributed by atoms with Crippen LogP contribution in [0.5, 0.6) is 5.88 Å². The van der Waals surface area contributed by atoms with Gasteiger partial charge in [0, 0.05) is 30.2 Å². The van der Waals surface area contributed by atoms with Crippen molar-refractivity contribution in [2.24, 2.45) is 5.10 Å². The zero-order chi connectivity index (χ0) is 21.1. The molecular weight excluding hydrogens is 426 g/mol. The molecule has 158 valence electrons. The van der Waals surface area contributed by atoms with Gasteiger partial charge in [-0.1, -0.05) is 12.5 Å². The summed E-state index contributed by atoms with van der Waals surface area (Å²) in [6.07, 6.45) is 6.00. The molecular formula is C19H21N5O4S2. The van der Waals surface area contributed by atoms with E-state index in [9.17, 15) is 13.2 Å². The lowest BCUT2D eigenvalue weighted by molar-refractivity contribution is 0.0955. The molecule has 1 amide bonds. The van der Waals surface area contributed by atoms with Gasteiger partial charge in [0.2, 0.25) is 15.9 Å². The molecule has 1 aliphatic heterocycles. The fourth-order valence-electron chi connectivity index (χ4n) is 3.32. The summed E-state index contributed by atoms with van der Waals surface area (Å²) in [6, 6.07) is 6.00. The fourth-order valence-corrected chi connectivity index (χ4v) is 5.60. The molecule has 0 saturated carbocycles. The molecule has 1 aromatic carbocycles. The summed E-state index contributed by atoms with van der Waals surface area (Å²) in [5, 5.41) is 5.87. The van der Waals surface area contributed by atoms with Crippen molar-refractivity contribution in [1.82, 2.24) is 19.1 Å². The molecule has 3 aromatic rings. The first-order chi connectivity index (χ1) is 14.5. The summed E-state index contributed by atoms with van der Waals surface area (Å²) in [5.41, 5.74) is 3.24. The molecule has 30 heavy (non-hydrogen) atoms. The van der Waals surface area contributed by atoms with Crippen LogP contribution in [0.2, 0.25) is 0 Å². The molecule has 1 saturated heterocycles. The Balaban J connectivity index is 1.50. The molecule has 0 aliphatic carbocycles. The first kappa shape index (κ1) is 20.5. The number of carbonyl (C=O) groups excluding carboxylic acids is 1. The van der Waals surface area contributed by atoms with Gasteiger partial charge in [0.25, 0.3) is 5.91 Å². The molecule has 9 nitrogen and oxygen atoms in total. The Morgan fingerprint density at radius 3 is 2.87 bits per heavy atom. The van der Waals surface area contributed by atoms with Gasteiger partial charge in [0.1, 0.15) is 5.69 Å². The van der Waals surface area contributed by atoms with Gasteiger partial charge in [0.15, 0.2) is 4.96 Å². The molecule has 2 aromatic heterocycles. The van der Waals surface area contributed by atoms with Crippen LogP contribution in [-0.2, 0) is 10.0 Å². The van der Waals surface area contributed by atoms with Crippen molar-refractivity contribution >= 4 is 38.4 Å². The van der Waals surface area contributed by atoms with Gasteiger partial charge < -0.3 is 4.74 Å². The smallest absolute Gasteiger partial charge is 0.271 e. The number of hydrogen-bond acceptors (Lipinski definition) is 7. The molecule has 0 bridgehead atoms. The van der Waals surface area contributed by atoms with Crippen LogP contribution in [-0.4, -0.2) is 54.4 Å². The Kier molecular flexibility index (Phi) is 5.84. The van der Waals surface area contributed by atoms with Gasteiger partial charge in [-0.05, 0) is 31.0 Å². The van der Waals surface area contributed by atoms with E-state index >= 15 is 0 Å². The van der Waals surface area contributed by atoms with Crippen LogP contribution < -0.4 is 10.2 Å². The van der Waals surface area contributed by atoms with Crippen molar-refractivity contribution in [3.05, 3.63) is 47.1 Å². The SMILES string of the molecule is COc1nc2sccn2c1/C=N/NC(=O)c1cccc(S(=O)(=O)N2CCCCC2)c1. The predicted molar refractivity (Wildman–Crippen MR) is 114 cm³/mol. The van der Waals surface area contributed by atoms with Crippen LogP contribution in [0.25, 0.3) is 4.96 Å². The van der Waals surface area contributed by atoms with Gasteiger partial charge >= 0.3 is 0 Å². The van der Waals surface area contributed by atoms with Gasteiger partial charge in [-0.15, -0.1) is 11.3 Å². The van der Waals surface area contributed by atoms with Gasteiger partial charge in [-0.2, -0.15) is 14.4 Å². The molecule has 0 unspecified atom stereocenters. The summed E-state index contributed by atoms with van der Waals surface area (Å²) >= 11 is 1.45. The highest BCUT2D eigenvalue weighted by Gasteiger charge is 2.26. The number of rotatable bonds is 6. The van der Waals surface area contributed by atoms with Crippen molar-refractivity contribution in [1.29, 1.82) is 0 Å². The second-order valence-electron chi connectivity index (χ2n) is 6.75. The highest BCUT2D eigenvalue weighted by molar-refractivity contribution is 7.89. The molecule has 1 fully saturated rings. The number of piperidine rings is 1. The Morgan fingerprint density at radius 2 is 2.10 bits per heavy atom. The number of hydrogen-bond donors (Lipinski definition) is 1. The van der Waals surface area contributed by atoms with Gasteiger partial charge in [0.05, 0.1) is 18.2 Å². The lowest BCUT2D eigenvalue weighted by atomic mass is 10.2. The third-order valence-corrected chi connectivity index (χ3v) is 7.51. The minimum atomic E-state index is -3.61. The molecule has 0 radical (unpaired) electrons. The monoisotopic (exact) mass is 447 g/mol. The summed E-state index contributed by atoms with van der Waals surface area (Å²) in [4.78, 5) is 17.7. The predicted octanol–water partition coefficient (Wildman–Crippen LogP) is 2.34. The number of ether oxygens (including phenoxy) is 1. The Bertz CT molecular complexity index is 1190. The van der Waals surface area contributed by atoms with Crippen LogP contribution in [0.3, 0.4) is 0 Å². The maximum absolute atomic E-state index is 12.8. The number of sulfonamides is 1. The van der Waals surface area contributed by atoms with Crippen LogP contribution >= 0.6 is 11.3 Å². The molecule has 1 aliphatic rings. The normalized spacial score (nSPS) is 15.6. The Hall–Kier alpha value is -2.76. The highest BCUT2D eigenvalue weighted by atomic mass is 32.2. The average molecular weight is 448 g/mol. The number of benzene rings is 1. The third-order valence-electron chi connectivity index (χ3n) is 4.86. The largest absolute Gasteiger partial charge is 0.479 e. The van der Waals surface area contributed by atoms with E-state index in [0.29, 0.717) is 24.7 Å². The summed E-state index contributed by atoms with van der Waals surface area (Å²) < 4.78 is 34.2. The molecule has 3 heterocycles. The van der Waals surface area contributed by atoms with Crippen molar-refractivity contribution in [3.63, 3.8) is 0 Å². The van der Waals surface area contributed by atoms with E-state index < -0.39 is 15.9 Å². The molecule has 0 spiro atoms. The fraction of sp³-hybridized carbons (Fsp3) is 0.316. The van der Waals surface area contributed by atoms with E-state index in [1.165, 1.54) is 41.1 Å². The number of fused-ring (bicyclic) bond motifs is 1. The zero-order valence-corrected chi connectivity index (χ0v) is 17.9. The van der Waals surface area contributed by atoms with E-state index in [1.54, 1.807) is 16.5 Å². The number of amides is 1. The van der Waals surface area contributed by atoms with Crippen molar-refractivity contribution in [2.75, 3.05) is 20.2 Å². The second-order valence-corrected chi connectivity index (χ2v) is 9.56. The highest BCUT2D eigenvalue weighted by Crippen LogP contribution is 2.22. The van der Waals surface area contributed by atoms with Gasteiger partial charge in [-0.3, -0.25) is 9.20 Å². The van der Waals surface area contributed by atoms with Crippen molar-refractivity contribution < 1.29 is 17.9 Å². The Labute approximate surface area is 178 Å². The lowest BCUT2D eigenvalue weighted by Gasteiger charge is -2.25. The summed E-state index contributed by atoms with van der Waals surface area (Å²) in [5.74, 6) is -0.110. The zero-order valence-electron chi connectivity index (χ0n) is 16.3. The maximum Gasteiger partial charge on any atom is 0.271 e. The van der Waals surface area contributed by atoms with E-state index in [-0.39, 0.29) is 10.5 Å². The van der Waals surface area contributed by atoms with E-state index in [1.807, 2.05) is 11.6 Å². The third kappa shape index (κ3) is 3.95. The first-order valence-corrected chi connectivity index (χ1v) is 11.8. The van der Waals surface area contributed by atoms with Gasteiger partial charge in [-0.25, -0.2) is 13.8 Å². The van der Waals surface area contributed by atoms with Crippen LogP contribution in [0, 0.1) is 0 Å². The number of hydrazone groups is 1. The quantitative estimate of drug-likeness (QED) is 0.461. The molecule has 11 heteroatoms. The minimum absolute atomic E-state index is 0.110. The molecule has 1 N–H and O–H groups in total. The number of imidazole rings is 1. The first-order valence-electron chi connectivity index (χ1n) is 9.44. The number of nitrogens with zero attached hydrogens (tertiary/aromatic N) is 4. The van der Waals surface area contributed by atoms with Crippen LogP contribution in [0.1, 0.15) is 35.3 Å². The van der Waals surface area contributed by atoms with Crippen molar-refractivity contribution in [3.8, 4) is 5.88 Å².